The predicted octanol–water partition coefficient (Wildman–Crippen LogP) is 6.33. The lowest BCUT2D eigenvalue weighted by Gasteiger charge is -2.09. The Bertz CT molecular complexity index is 1030. The van der Waals surface area contributed by atoms with Crippen molar-refractivity contribution >= 4 is 10.9 Å². The highest BCUT2D eigenvalue weighted by molar-refractivity contribution is 5.94. The lowest BCUT2D eigenvalue weighted by molar-refractivity contribution is 0.878. The minimum absolute atomic E-state index is 0.434. The number of benzene rings is 2. The van der Waals surface area contributed by atoms with Gasteiger partial charge >= 0.3 is 0 Å². The molecule has 0 saturated carbocycles. The van der Waals surface area contributed by atoms with Crippen molar-refractivity contribution in [2.24, 2.45) is 0 Å². The van der Waals surface area contributed by atoms with Gasteiger partial charge < -0.3 is 4.98 Å². The van der Waals surface area contributed by atoms with Gasteiger partial charge in [-0.1, -0.05) is 50.2 Å². The predicted molar refractivity (Wildman–Crippen MR) is 106 cm³/mol. The average molecular weight is 326 g/mol. The summed E-state index contributed by atoms with van der Waals surface area (Å²) in [5.41, 5.74) is 8.52. The van der Waals surface area contributed by atoms with E-state index in [4.69, 9.17) is 0 Å². The Hall–Kier alpha value is -2.87. The zero-order valence-electron chi connectivity index (χ0n) is 14.9. The van der Waals surface area contributed by atoms with Gasteiger partial charge in [-0.2, -0.15) is 0 Å². The third-order valence-corrected chi connectivity index (χ3v) is 4.71. The summed E-state index contributed by atoms with van der Waals surface area (Å²) >= 11 is 0. The van der Waals surface area contributed by atoms with E-state index < -0.39 is 0 Å². The monoisotopic (exact) mass is 326 g/mol. The molecule has 0 aliphatic carbocycles. The van der Waals surface area contributed by atoms with E-state index >= 15 is 0 Å². The number of pyridine rings is 1. The normalized spacial score (nSPS) is 11.4. The second kappa shape index (κ2) is 6.21. The van der Waals surface area contributed by atoms with E-state index in [1.165, 1.54) is 38.9 Å². The van der Waals surface area contributed by atoms with Crippen molar-refractivity contribution in [1.29, 1.82) is 0 Å². The number of aromatic nitrogens is 2. The van der Waals surface area contributed by atoms with Crippen molar-refractivity contribution in [2.75, 3.05) is 0 Å². The highest BCUT2D eigenvalue weighted by atomic mass is 14.7. The maximum atomic E-state index is 4.33. The summed E-state index contributed by atoms with van der Waals surface area (Å²) in [5, 5.41) is 1.31. The largest absolute Gasteiger partial charge is 0.354 e. The van der Waals surface area contributed by atoms with Gasteiger partial charge in [-0.3, -0.25) is 4.98 Å². The number of hydrogen-bond donors (Lipinski definition) is 1. The van der Waals surface area contributed by atoms with Gasteiger partial charge in [-0.15, -0.1) is 0 Å². The molecule has 1 N–H and O–H groups in total. The average Bonchev–Trinajstić information content (AvgIpc) is 3.01. The van der Waals surface area contributed by atoms with E-state index in [1.54, 1.807) is 0 Å². The summed E-state index contributed by atoms with van der Waals surface area (Å²) in [6.07, 6.45) is 1.88. The molecule has 2 heterocycles. The van der Waals surface area contributed by atoms with Crippen LogP contribution < -0.4 is 0 Å². The number of aryl methyl sites for hydroxylation is 1. The van der Waals surface area contributed by atoms with Gasteiger partial charge in [-0.25, -0.2) is 0 Å². The molecular formula is C23H22N2. The number of fused-ring (bicyclic) bond motifs is 1. The molecule has 2 aromatic heterocycles. The quantitative estimate of drug-likeness (QED) is 0.468. The fraction of sp³-hybridized carbons (Fsp3) is 0.174. The molecule has 0 amide bonds. The first-order chi connectivity index (χ1) is 12.1. The zero-order valence-corrected chi connectivity index (χ0v) is 14.9. The van der Waals surface area contributed by atoms with Crippen molar-refractivity contribution in [1.82, 2.24) is 9.97 Å². The van der Waals surface area contributed by atoms with Crippen molar-refractivity contribution in [3.63, 3.8) is 0 Å². The van der Waals surface area contributed by atoms with E-state index in [2.05, 4.69) is 84.5 Å². The molecule has 0 unspecified atom stereocenters. The third kappa shape index (κ3) is 2.85. The van der Waals surface area contributed by atoms with E-state index in [1.807, 2.05) is 13.1 Å². The molecule has 0 radical (unpaired) electrons. The Kier molecular flexibility index (Phi) is 3.89. The van der Waals surface area contributed by atoms with Crippen LogP contribution in [0.15, 0.2) is 66.9 Å². The number of nitrogens with one attached hydrogen (secondary N) is 1. The SMILES string of the molecule is Cc1cc(-c2[nH]c3ccc(-c4ccccc4)cc3c2C(C)C)ccn1. The molecule has 4 rings (SSSR count). The first kappa shape index (κ1) is 15.6. The number of hydrogen-bond acceptors (Lipinski definition) is 1. The maximum Gasteiger partial charge on any atom is 0.0501 e. The number of rotatable bonds is 3. The van der Waals surface area contributed by atoms with Gasteiger partial charge in [-0.05, 0) is 53.8 Å². The second-order valence-corrected chi connectivity index (χ2v) is 6.88. The molecule has 2 heteroatoms. The molecule has 124 valence electrons. The van der Waals surface area contributed by atoms with E-state index in [-0.39, 0.29) is 0 Å². The van der Waals surface area contributed by atoms with E-state index in [9.17, 15) is 0 Å². The third-order valence-electron chi connectivity index (χ3n) is 4.71. The second-order valence-electron chi connectivity index (χ2n) is 6.88. The van der Waals surface area contributed by atoms with Crippen molar-refractivity contribution in [3.05, 3.63) is 78.1 Å². The summed E-state index contributed by atoms with van der Waals surface area (Å²) in [4.78, 5) is 7.97. The molecule has 0 spiro atoms. The van der Waals surface area contributed by atoms with Gasteiger partial charge in [0.15, 0.2) is 0 Å². The molecule has 0 aliphatic rings. The van der Waals surface area contributed by atoms with Crippen molar-refractivity contribution in [3.8, 4) is 22.4 Å². The van der Waals surface area contributed by atoms with Crippen LogP contribution in [0, 0.1) is 6.92 Å². The van der Waals surface area contributed by atoms with E-state index in [0.717, 1.165) is 5.69 Å². The molecule has 4 aromatic rings. The van der Waals surface area contributed by atoms with Crippen LogP contribution in [0.3, 0.4) is 0 Å². The Morgan fingerprint density at radius 2 is 1.64 bits per heavy atom. The summed E-state index contributed by atoms with van der Waals surface area (Å²) in [5.74, 6) is 0.434. The summed E-state index contributed by atoms with van der Waals surface area (Å²) < 4.78 is 0. The van der Waals surface area contributed by atoms with Crippen LogP contribution in [-0.4, -0.2) is 9.97 Å². The molecule has 2 aromatic carbocycles. The van der Waals surface area contributed by atoms with Crippen LogP contribution in [0.5, 0.6) is 0 Å². The number of H-pyrrole nitrogens is 1. The first-order valence-corrected chi connectivity index (χ1v) is 8.77. The smallest absolute Gasteiger partial charge is 0.0501 e. The Morgan fingerprint density at radius 3 is 2.36 bits per heavy atom. The minimum Gasteiger partial charge on any atom is -0.354 e. The van der Waals surface area contributed by atoms with Crippen LogP contribution in [-0.2, 0) is 0 Å². The van der Waals surface area contributed by atoms with Crippen molar-refractivity contribution in [2.45, 2.75) is 26.7 Å². The summed E-state index contributed by atoms with van der Waals surface area (Å²) in [6, 6.07) is 21.5. The Labute approximate surface area is 148 Å². The molecule has 25 heavy (non-hydrogen) atoms. The minimum atomic E-state index is 0.434. The Morgan fingerprint density at radius 1 is 0.840 bits per heavy atom. The summed E-state index contributed by atoms with van der Waals surface area (Å²) in [6.45, 7) is 6.55. The Balaban J connectivity index is 1.95. The highest BCUT2D eigenvalue weighted by Crippen LogP contribution is 2.37. The van der Waals surface area contributed by atoms with Gasteiger partial charge in [0.25, 0.3) is 0 Å². The fourth-order valence-electron chi connectivity index (χ4n) is 3.55. The maximum absolute atomic E-state index is 4.33. The molecule has 0 fully saturated rings. The van der Waals surface area contributed by atoms with Gasteiger partial charge in [0.1, 0.15) is 0 Å². The first-order valence-electron chi connectivity index (χ1n) is 8.77. The lowest BCUT2D eigenvalue weighted by Crippen LogP contribution is -1.91. The number of nitrogens with zero attached hydrogens (tertiary/aromatic N) is 1. The molecule has 0 bridgehead atoms. The van der Waals surface area contributed by atoms with E-state index in [0.29, 0.717) is 5.92 Å². The van der Waals surface area contributed by atoms with Crippen molar-refractivity contribution < 1.29 is 0 Å². The lowest BCUT2D eigenvalue weighted by atomic mass is 9.94. The molecule has 0 saturated heterocycles. The van der Waals surface area contributed by atoms with Gasteiger partial charge in [0, 0.05) is 28.4 Å². The number of aromatic amines is 1. The van der Waals surface area contributed by atoms with Gasteiger partial charge in [0.2, 0.25) is 0 Å². The molecule has 0 atom stereocenters. The van der Waals surface area contributed by atoms with Crippen LogP contribution in [0.4, 0.5) is 0 Å². The van der Waals surface area contributed by atoms with Crippen LogP contribution >= 0.6 is 0 Å². The van der Waals surface area contributed by atoms with Crippen LogP contribution in [0.2, 0.25) is 0 Å². The highest BCUT2D eigenvalue weighted by Gasteiger charge is 2.16. The zero-order chi connectivity index (χ0) is 17.4. The molecule has 2 nitrogen and oxygen atoms in total. The van der Waals surface area contributed by atoms with Gasteiger partial charge in [0.05, 0.1) is 5.69 Å². The summed E-state index contributed by atoms with van der Waals surface area (Å²) in [7, 11) is 0. The topological polar surface area (TPSA) is 28.7 Å². The molecular weight excluding hydrogens is 304 g/mol. The van der Waals surface area contributed by atoms with Crippen LogP contribution in [0.25, 0.3) is 33.3 Å². The fourth-order valence-corrected chi connectivity index (χ4v) is 3.55. The standard InChI is InChI=1S/C23H22N2/c1-15(2)22-20-14-18(17-7-5-4-6-8-17)9-10-21(20)25-23(22)19-11-12-24-16(3)13-19/h4-15,25H,1-3H3. The van der Waals surface area contributed by atoms with Crippen LogP contribution in [0.1, 0.15) is 31.0 Å². The molecule has 0 aliphatic heterocycles.